The summed E-state index contributed by atoms with van der Waals surface area (Å²) in [5, 5.41) is 4.23. The number of allylic oxidation sites excluding steroid dienone is 1. The summed E-state index contributed by atoms with van der Waals surface area (Å²) in [6.45, 7) is 10.5. The molecule has 3 aliphatic heterocycles. The van der Waals surface area contributed by atoms with E-state index in [1.807, 2.05) is 11.3 Å². The maximum absolute atomic E-state index is 2.93. The maximum Gasteiger partial charge on any atom is 0.261 e. The highest BCUT2D eigenvalue weighted by atomic mass is 32.1. The van der Waals surface area contributed by atoms with Crippen LogP contribution in [0.4, 0.5) is 5.69 Å². The van der Waals surface area contributed by atoms with Crippen LogP contribution >= 0.6 is 11.3 Å². The summed E-state index contributed by atoms with van der Waals surface area (Å²) in [5.74, 6) is 0. The van der Waals surface area contributed by atoms with Crippen LogP contribution in [0.5, 0.6) is 0 Å². The van der Waals surface area contributed by atoms with Gasteiger partial charge in [-0.1, -0.05) is 99.7 Å². The van der Waals surface area contributed by atoms with E-state index in [1.165, 1.54) is 84.9 Å². The second kappa shape index (κ2) is 7.13. The minimum Gasteiger partial charge on any atom is -0.335 e. The first kappa shape index (κ1) is 23.7. The zero-order chi connectivity index (χ0) is 28.6. The van der Waals surface area contributed by atoms with E-state index in [9.17, 15) is 0 Å². The average Bonchev–Trinajstić information content (AvgIpc) is 3.69. The van der Waals surface area contributed by atoms with Crippen molar-refractivity contribution in [3.05, 3.63) is 101 Å². The van der Waals surface area contributed by atoms with E-state index in [1.54, 1.807) is 22.2 Å². The zero-order valence-corrected chi connectivity index (χ0v) is 26.0. The SMILES string of the molecule is CC1(C)C2=C(c3ccccc31)N1c3c(cc4c5ccccc5n5c4c3B2c2sc3ccccc3c2-5)C2(C)CCCCC12C. The highest BCUT2D eigenvalue weighted by Crippen LogP contribution is 2.65. The molecule has 11 rings (SSSR count). The molecule has 0 spiro atoms. The Balaban J connectivity index is 1.43. The molecule has 4 heteroatoms. The van der Waals surface area contributed by atoms with Gasteiger partial charge in [-0.05, 0) is 54.6 Å². The van der Waals surface area contributed by atoms with Gasteiger partial charge in [-0.2, -0.15) is 0 Å². The summed E-state index contributed by atoms with van der Waals surface area (Å²) in [6.07, 6.45) is 5.11. The van der Waals surface area contributed by atoms with Gasteiger partial charge in [-0.15, -0.1) is 11.3 Å². The largest absolute Gasteiger partial charge is 0.335 e. The van der Waals surface area contributed by atoms with Gasteiger partial charge in [0.15, 0.2) is 0 Å². The second-order valence-corrected chi connectivity index (χ2v) is 15.8. The van der Waals surface area contributed by atoms with Crippen molar-refractivity contribution in [2.24, 2.45) is 0 Å². The highest BCUT2D eigenvalue weighted by molar-refractivity contribution is 7.32. The number of aromatic nitrogens is 1. The Kier molecular flexibility index (Phi) is 3.93. The standard InChI is InChI=1S/C39H33BN2S/c1-37(2)26-16-8-5-14-23(26)32-35(37)40-30-31-25(21-27-34(30)42(32)39(4)20-12-11-19-38(27,39)3)22-13-6-9-17-28(22)41(31)33-24-15-7-10-18-29(24)43-36(33)40/h5-10,13-18,21H,11-12,19-20H2,1-4H3. The fourth-order valence-corrected chi connectivity index (χ4v) is 11.9. The Labute approximate surface area is 256 Å². The Morgan fingerprint density at radius 3 is 2.37 bits per heavy atom. The molecule has 2 aliphatic carbocycles. The van der Waals surface area contributed by atoms with Crippen LogP contribution in [0.25, 0.3) is 43.3 Å². The van der Waals surface area contributed by atoms with Gasteiger partial charge < -0.3 is 9.47 Å². The van der Waals surface area contributed by atoms with E-state index >= 15 is 0 Å². The summed E-state index contributed by atoms with van der Waals surface area (Å²) in [5.41, 5.74) is 15.1. The van der Waals surface area contributed by atoms with Crippen molar-refractivity contribution in [1.29, 1.82) is 0 Å². The molecule has 2 unspecified atom stereocenters. The fraction of sp³-hybridized carbons (Fsp3) is 0.282. The molecule has 2 atom stereocenters. The number of anilines is 1. The molecule has 0 saturated heterocycles. The molecule has 4 aromatic carbocycles. The van der Waals surface area contributed by atoms with E-state index in [4.69, 9.17) is 0 Å². The van der Waals surface area contributed by atoms with Gasteiger partial charge in [0.25, 0.3) is 6.71 Å². The number of hydrogen-bond acceptors (Lipinski definition) is 2. The number of para-hydroxylation sites is 1. The van der Waals surface area contributed by atoms with E-state index in [0.29, 0.717) is 0 Å². The lowest BCUT2D eigenvalue weighted by atomic mass is 9.33. The fourth-order valence-electron chi connectivity index (χ4n) is 10.6. The molecule has 208 valence electrons. The lowest BCUT2D eigenvalue weighted by molar-refractivity contribution is 0.195. The molecular formula is C39H33BN2S. The van der Waals surface area contributed by atoms with Gasteiger partial charge in [0, 0.05) is 53.4 Å². The third kappa shape index (κ3) is 2.32. The van der Waals surface area contributed by atoms with Gasteiger partial charge in [-0.25, -0.2) is 0 Å². The minimum atomic E-state index is -0.0672. The summed E-state index contributed by atoms with van der Waals surface area (Å²) in [6, 6.07) is 30.4. The van der Waals surface area contributed by atoms with Crippen molar-refractivity contribution in [2.75, 3.05) is 4.90 Å². The molecule has 2 aromatic heterocycles. The van der Waals surface area contributed by atoms with E-state index in [2.05, 4.69) is 116 Å². The minimum absolute atomic E-state index is 0.0447. The molecule has 43 heavy (non-hydrogen) atoms. The number of nitrogens with zero attached hydrogens (tertiary/aromatic N) is 2. The van der Waals surface area contributed by atoms with Gasteiger partial charge in [-0.3, -0.25) is 0 Å². The number of fused-ring (bicyclic) bond motifs is 15. The lowest BCUT2D eigenvalue weighted by Crippen LogP contribution is -2.60. The summed E-state index contributed by atoms with van der Waals surface area (Å²) in [7, 11) is 0. The first-order valence-corrected chi connectivity index (χ1v) is 16.9. The van der Waals surface area contributed by atoms with Crippen molar-refractivity contribution in [2.45, 2.75) is 69.7 Å². The summed E-state index contributed by atoms with van der Waals surface area (Å²) < 4.78 is 5.60. The van der Waals surface area contributed by atoms with Crippen LogP contribution in [0.2, 0.25) is 0 Å². The van der Waals surface area contributed by atoms with Crippen LogP contribution in [0, 0.1) is 0 Å². The third-order valence-corrected chi connectivity index (χ3v) is 13.9. The summed E-state index contributed by atoms with van der Waals surface area (Å²) >= 11 is 2.04. The average molecular weight is 573 g/mol. The monoisotopic (exact) mass is 572 g/mol. The highest BCUT2D eigenvalue weighted by Gasteiger charge is 2.64. The Morgan fingerprint density at radius 2 is 1.49 bits per heavy atom. The first-order valence-electron chi connectivity index (χ1n) is 16.1. The van der Waals surface area contributed by atoms with E-state index in [-0.39, 0.29) is 23.1 Å². The van der Waals surface area contributed by atoms with Gasteiger partial charge in [0.05, 0.1) is 22.3 Å². The third-order valence-electron chi connectivity index (χ3n) is 12.7. The molecule has 5 aliphatic rings. The summed E-state index contributed by atoms with van der Waals surface area (Å²) in [4.78, 5) is 2.93. The molecule has 0 radical (unpaired) electrons. The van der Waals surface area contributed by atoms with Gasteiger partial charge in [0.2, 0.25) is 0 Å². The van der Waals surface area contributed by atoms with Crippen molar-refractivity contribution in [1.82, 2.24) is 4.57 Å². The quantitative estimate of drug-likeness (QED) is 0.166. The molecule has 1 saturated carbocycles. The number of benzene rings is 4. The predicted octanol–water partition coefficient (Wildman–Crippen LogP) is 8.59. The van der Waals surface area contributed by atoms with Crippen molar-refractivity contribution in [3.63, 3.8) is 0 Å². The topological polar surface area (TPSA) is 8.17 Å². The molecule has 0 amide bonds. The van der Waals surface area contributed by atoms with Crippen LogP contribution in [-0.4, -0.2) is 16.8 Å². The molecule has 2 nitrogen and oxygen atoms in total. The van der Waals surface area contributed by atoms with Gasteiger partial charge >= 0.3 is 0 Å². The normalized spacial score (nSPS) is 25.5. The zero-order valence-electron chi connectivity index (χ0n) is 25.2. The molecule has 0 bridgehead atoms. The van der Waals surface area contributed by atoms with Crippen LogP contribution in [0.3, 0.4) is 0 Å². The second-order valence-electron chi connectivity index (χ2n) is 14.8. The van der Waals surface area contributed by atoms with Crippen molar-refractivity contribution in [3.8, 4) is 5.69 Å². The number of rotatable bonds is 0. The van der Waals surface area contributed by atoms with Crippen LogP contribution in [0.1, 0.15) is 70.1 Å². The lowest BCUT2D eigenvalue weighted by Gasteiger charge is -2.52. The molecule has 6 aromatic rings. The Hall–Kier alpha value is -3.76. The van der Waals surface area contributed by atoms with Crippen LogP contribution in [0.15, 0.2) is 84.3 Å². The first-order chi connectivity index (χ1) is 20.9. The van der Waals surface area contributed by atoms with Crippen LogP contribution in [-0.2, 0) is 10.8 Å². The predicted molar refractivity (Wildman–Crippen MR) is 184 cm³/mol. The Morgan fingerprint density at radius 1 is 0.744 bits per heavy atom. The number of hydrogen-bond donors (Lipinski definition) is 0. The maximum atomic E-state index is 2.93. The van der Waals surface area contributed by atoms with E-state index in [0.717, 1.165) is 0 Å². The molecular weight excluding hydrogens is 539 g/mol. The number of thiophene rings is 1. The Bertz CT molecular complexity index is 2330. The molecule has 5 heterocycles. The van der Waals surface area contributed by atoms with E-state index < -0.39 is 0 Å². The van der Waals surface area contributed by atoms with Crippen molar-refractivity contribution >= 4 is 71.6 Å². The molecule has 1 fully saturated rings. The smallest absolute Gasteiger partial charge is 0.261 e. The van der Waals surface area contributed by atoms with Crippen molar-refractivity contribution < 1.29 is 0 Å². The van der Waals surface area contributed by atoms with Crippen LogP contribution < -0.4 is 15.1 Å². The van der Waals surface area contributed by atoms with Gasteiger partial charge in [0.1, 0.15) is 0 Å². The molecule has 0 N–H and O–H groups in total.